The molecule has 0 aliphatic carbocycles. The van der Waals surface area contributed by atoms with Crippen molar-refractivity contribution in [1.82, 2.24) is 6.15 Å². The Bertz CT molecular complexity index is 57.0. The Morgan fingerprint density at radius 1 is 1.40 bits per heavy atom. The summed E-state index contributed by atoms with van der Waals surface area (Å²) < 4.78 is 0. The first-order valence-electron chi connectivity index (χ1n) is 1.95. The average Bonchev–Trinajstić information content (AvgIpc) is 1.65. The van der Waals surface area contributed by atoms with Crippen LogP contribution in [0.15, 0.2) is 0 Å². The summed E-state index contributed by atoms with van der Waals surface area (Å²) in [6.07, 6.45) is -2.08. The molecule has 0 fully saturated rings. The van der Waals surface area contributed by atoms with Crippen LogP contribution in [-0.4, -0.2) is 62.1 Å². The van der Waals surface area contributed by atoms with Crippen LogP contribution in [0.4, 0.5) is 4.79 Å². The second-order valence-electron chi connectivity index (χ2n) is 0.843. The quantitative estimate of drug-likeness (QED) is 0.328. The molecule has 0 saturated carbocycles. The van der Waals surface area contributed by atoms with Crippen molar-refractivity contribution in [3.05, 3.63) is 0 Å². The number of hydrogen-bond acceptors (Lipinski definition) is 5. The van der Waals surface area contributed by atoms with Crippen LogP contribution in [0.25, 0.3) is 0 Å². The van der Waals surface area contributed by atoms with E-state index in [1.165, 1.54) is 0 Å². The zero-order chi connectivity index (χ0) is 6.99. The van der Waals surface area contributed by atoms with Gasteiger partial charge in [-0.2, -0.15) is 0 Å². The molecule has 0 rings (SSSR count). The molecule has 0 bridgehead atoms. The van der Waals surface area contributed by atoms with Gasteiger partial charge in [0.25, 0.3) is 0 Å². The van der Waals surface area contributed by atoms with Gasteiger partial charge in [0.05, 0.1) is 0 Å². The van der Waals surface area contributed by atoms with Gasteiger partial charge in [-0.05, 0) is 0 Å². The van der Waals surface area contributed by atoms with Crippen LogP contribution in [0.1, 0.15) is 0 Å². The van der Waals surface area contributed by atoms with Gasteiger partial charge in [-0.3, -0.25) is 0 Å². The molecule has 0 aromatic rings. The zero-order valence-corrected chi connectivity index (χ0v) is 7.96. The van der Waals surface area contributed by atoms with Crippen LogP contribution in [0.5, 0.6) is 0 Å². The minimum Gasteiger partial charge on any atom is -0.565 e. The molecule has 0 spiro atoms. The summed E-state index contributed by atoms with van der Waals surface area (Å²) in [5, 5.41) is 15.3. The van der Waals surface area contributed by atoms with Gasteiger partial charge in [-0.25, -0.2) is 0 Å². The summed E-state index contributed by atoms with van der Waals surface area (Å²) >= 11 is 0. The van der Waals surface area contributed by atoms with E-state index in [0.717, 1.165) is 0 Å². The standard InChI is InChI=1S/C2H8N2.CH2O3.Ca.H3N/c3-1-2-4;2-1(3)4;;/h1-4H2;(H2,2,3,4);;1H3/q;;+1;/p-1. The van der Waals surface area contributed by atoms with Gasteiger partial charge in [0.1, 0.15) is 0 Å². The third-order valence-electron chi connectivity index (χ3n) is 0.167. The van der Waals surface area contributed by atoms with Crippen LogP contribution in [-0.2, 0) is 0 Å². The summed E-state index contributed by atoms with van der Waals surface area (Å²) in [7, 11) is 0. The van der Waals surface area contributed by atoms with Crippen LogP contribution in [0, 0.1) is 0 Å². The zero-order valence-electron chi connectivity index (χ0n) is 5.75. The maximum absolute atomic E-state index is 8.44. The SMILES string of the molecule is N.NCCN.O=C([O-])O.[Ca+]. The fraction of sp³-hybridized carbons (Fsp3) is 0.667. The summed E-state index contributed by atoms with van der Waals surface area (Å²) in [6.45, 7) is 1.19. The molecule has 7 heteroatoms. The summed E-state index contributed by atoms with van der Waals surface area (Å²) in [4.78, 5) is 8.44. The minimum atomic E-state index is -2.08. The molecule has 0 aromatic heterocycles. The molecule has 0 aliphatic rings. The third kappa shape index (κ3) is 232. The Balaban J connectivity index is -0.0000000300. The topological polar surface area (TPSA) is 147 Å². The molecular weight excluding hydrogens is 166 g/mol. The Labute approximate surface area is 89.2 Å². The van der Waals surface area contributed by atoms with Gasteiger partial charge in [0.15, 0.2) is 0 Å². The predicted molar refractivity (Wildman–Crippen MR) is 36.9 cm³/mol. The molecule has 0 saturated heterocycles. The molecule has 0 aromatic carbocycles. The van der Waals surface area contributed by atoms with Crippen molar-refractivity contribution in [2.24, 2.45) is 11.5 Å². The summed E-state index contributed by atoms with van der Waals surface area (Å²) in [5.74, 6) is 0. The first kappa shape index (κ1) is 22.4. The molecule has 59 valence electrons. The molecule has 10 heavy (non-hydrogen) atoms. The first-order valence-corrected chi connectivity index (χ1v) is 1.95. The molecular formula is C3H12CaN3O3. The van der Waals surface area contributed by atoms with Crippen molar-refractivity contribution in [3.8, 4) is 0 Å². The molecule has 6 nitrogen and oxygen atoms in total. The van der Waals surface area contributed by atoms with Gasteiger partial charge < -0.3 is 32.6 Å². The monoisotopic (exact) mass is 178 g/mol. The number of rotatable bonds is 1. The first-order chi connectivity index (χ1) is 3.65. The largest absolute Gasteiger partial charge is 1.00 e. The molecule has 0 atom stereocenters. The fourth-order valence-corrected chi connectivity index (χ4v) is 0. The second-order valence-corrected chi connectivity index (χ2v) is 0.843. The predicted octanol–water partition coefficient (Wildman–Crippen LogP) is -2.43. The van der Waals surface area contributed by atoms with Gasteiger partial charge in [0, 0.05) is 13.1 Å². The number of hydrogen-bond donors (Lipinski definition) is 4. The van der Waals surface area contributed by atoms with Gasteiger partial charge in [-0.15, -0.1) is 0 Å². The molecule has 0 amide bonds. The van der Waals surface area contributed by atoms with Gasteiger partial charge in [-0.1, -0.05) is 0 Å². The Kier molecular flexibility index (Phi) is 51.0. The van der Waals surface area contributed by atoms with Gasteiger partial charge in [0.2, 0.25) is 6.16 Å². The maximum Gasteiger partial charge on any atom is 1.00 e. The number of carbonyl (C=O) groups is 1. The fourth-order valence-electron chi connectivity index (χ4n) is 0. The van der Waals surface area contributed by atoms with Crippen LogP contribution in [0.3, 0.4) is 0 Å². The second kappa shape index (κ2) is 22.7. The van der Waals surface area contributed by atoms with Crippen molar-refractivity contribution < 1.29 is 15.0 Å². The smallest absolute Gasteiger partial charge is 0.565 e. The van der Waals surface area contributed by atoms with Crippen LogP contribution in [0.2, 0.25) is 0 Å². The normalized spacial score (nSPS) is 5.40. The van der Waals surface area contributed by atoms with E-state index < -0.39 is 6.16 Å². The Morgan fingerprint density at radius 2 is 1.50 bits per heavy atom. The van der Waals surface area contributed by atoms with Crippen molar-refractivity contribution in [2.75, 3.05) is 13.1 Å². The van der Waals surface area contributed by atoms with Crippen LogP contribution >= 0.6 is 0 Å². The molecule has 1 radical (unpaired) electrons. The van der Waals surface area contributed by atoms with E-state index in [1.54, 1.807) is 0 Å². The van der Waals surface area contributed by atoms with Gasteiger partial charge >= 0.3 is 37.7 Å². The van der Waals surface area contributed by atoms with Crippen molar-refractivity contribution in [1.29, 1.82) is 0 Å². The van der Waals surface area contributed by atoms with E-state index in [0.29, 0.717) is 13.1 Å². The van der Waals surface area contributed by atoms with E-state index in [9.17, 15) is 0 Å². The van der Waals surface area contributed by atoms with E-state index in [-0.39, 0.29) is 43.9 Å². The molecule has 0 aliphatic heterocycles. The van der Waals surface area contributed by atoms with E-state index >= 15 is 0 Å². The Hall–Kier alpha value is 0.410. The average molecular weight is 178 g/mol. The van der Waals surface area contributed by atoms with Crippen LogP contribution < -0.4 is 22.7 Å². The summed E-state index contributed by atoms with van der Waals surface area (Å²) in [6, 6.07) is 0. The third-order valence-corrected chi connectivity index (χ3v) is 0.167. The van der Waals surface area contributed by atoms with Crippen molar-refractivity contribution in [2.45, 2.75) is 0 Å². The Morgan fingerprint density at radius 3 is 1.50 bits per heavy atom. The van der Waals surface area contributed by atoms with Crippen molar-refractivity contribution in [3.63, 3.8) is 0 Å². The number of nitrogens with two attached hydrogens (primary N) is 2. The molecule has 8 N–H and O–H groups in total. The maximum atomic E-state index is 8.44. The minimum absolute atomic E-state index is 0. The van der Waals surface area contributed by atoms with E-state index in [4.69, 9.17) is 26.5 Å². The van der Waals surface area contributed by atoms with Crippen molar-refractivity contribution >= 4 is 43.9 Å². The molecule has 0 heterocycles. The van der Waals surface area contributed by atoms with E-state index in [2.05, 4.69) is 0 Å². The molecule has 0 unspecified atom stereocenters. The summed E-state index contributed by atoms with van der Waals surface area (Å²) in [5.41, 5.74) is 9.81. The van der Waals surface area contributed by atoms with E-state index in [1.807, 2.05) is 0 Å². The number of carboxylic acid groups (broad SMARTS) is 2.